The topological polar surface area (TPSA) is 56.6 Å². The summed E-state index contributed by atoms with van der Waals surface area (Å²) in [5, 5.41) is 4.62. The van der Waals surface area contributed by atoms with Gasteiger partial charge in [0.1, 0.15) is 0 Å². The van der Waals surface area contributed by atoms with Gasteiger partial charge in [0.15, 0.2) is 11.5 Å². The zero-order valence-electron chi connectivity index (χ0n) is 18.2. The third-order valence-electron chi connectivity index (χ3n) is 5.95. The summed E-state index contributed by atoms with van der Waals surface area (Å²) >= 11 is 0. The number of hydrogen-bond donors (Lipinski definition) is 0. The van der Waals surface area contributed by atoms with Crippen LogP contribution < -0.4 is 15.0 Å². The van der Waals surface area contributed by atoms with Crippen molar-refractivity contribution in [3.8, 4) is 22.8 Å². The second-order valence-corrected chi connectivity index (χ2v) is 8.02. The van der Waals surface area contributed by atoms with E-state index in [4.69, 9.17) is 9.47 Å². The molecule has 3 aromatic rings. The summed E-state index contributed by atoms with van der Waals surface area (Å²) in [4.78, 5) is 14.7. The van der Waals surface area contributed by atoms with Gasteiger partial charge in [-0.1, -0.05) is 30.3 Å². The van der Waals surface area contributed by atoms with Crippen molar-refractivity contribution < 1.29 is 9.47 Å². The Morgan fingerprint density at radius 3 is 2.39 bits per heavy atom. The predicted octanol–water partition coefficient (Wildman–Crippen LogP) is 3.84. The first-order valence-electron chi connectivity index (χ1n) is 10.7. The zero-order chi connectivity index (χ0) is 21.6. The lowest BCUT2D eigenvalue weighted by atomic mass is 9.90. The number of likely N-dealkylation sites (tertiary alicyclic amines) is 1. The smallest absolute Gasteiger partial charge is 0.268 e. The number of methoxy groups -OCH3 is 2. The molecule has 0 bridgehead atoms. The lowest BCUT2D eigenvalue weighted by Crippen LogP contribution is -2.39. The molecule has 2 heterocycles. The van der Waals surface area contributed by atoms with Crippen LogP contribution in [0.15, 0.2) is 65.5 Å². The molecular formula is C25H29N3O3. The van der Waals surface area contributed by atoms with Gasteiger partial charge in [-0.2, -0.15) is 5.10 Å². The van der Waals surface area contributed by atoms with E-state index >= 15 is 0 Å². The first kappa shape index (κ1) is 21.1. The Kier molecular flexibility index (Phi) is 6.67. The molecule has 1 fully saturated rings. The van der Waals surface area contributed by atoms with E-state index in [2.05, 4.69) is 40.3 Å². The van der Waals surface area contributed by atoms with Crippen LogP contribution >= 0.6 is 0 Å². The van der Waals surface area contributed by atoms with E-state index in [1.807, 2.05) is 18.2 Å². The van der Waals surface area contributed by atoms with Crippen LogP contribution in [-0.2, 0) is 13.1 Å². The summed E-state index contributed by atoms with van der Waals surface area (Å²) in [5.74, 6) is 2.00. The standard InChI is InChI=1S/C25H29N3O3/c1-30-23-10-8-21(17-24(23)31-2)22-9-11-25(29)28(26-22)18-27-14-12-20(13-15-27)16-19-6-4-3-5-7-19/h3-11,17,20H,12-16,18H2,1-2H3. The van der Waals surface area contributed by atoms with Gasteiger partial charge in [0, 0.05) is 24.7 Å². The second-order valence-electron chi connectivity index (χ2n) is 8.02. The highest BCUT2D eigenvalue weighted by atomic mass is 16.5. The van der Waals surface area contributed by atoms with Gasteiger partial charge in [-0.25, -0.2) is 4.68 Å². The van der Waals surface area contributed by atoms with Crippen molar-refractivity contribution in [1.29, 1.82) is 0 Å². The van der Waals surface area contributed by atoms with Crippen molar-refractivity contribution in [3.63, 3.8) is 0 Å². The molecule has 4 rings (SSSR count). The molecule has 1 aliphatic rings. The number of piperidine rings is 1. The zero-order valence-corrected chi connectivity index (χ0v) is 18.2. The minimum atomic E-state index is -0.0874. The molecule has 0 aliphatic carbocycles. The molecule has 0 atom stereocenters. The lowest BCUT2D eigenvalue weighted by molar-refractivity contribution is 0.138. The highest BCUT2D eigenvalue weighted by molar-refractivity contribution is 5.63. The summed E-state index contributed by atoms with van der Waals surface area (Å²) in [6, 6.07) is 19.7. The number of hydrogen-bond acceptors (Lipinski definition) is 5. The fourth-order valence-corrected chi connectivity index (χ4v) is 4.17. The molecule has 0 N–H and O–H groups in total. The van der Waals surface area contributed by atoms with E-state index < -0.39 is 0 Å². The van der Waals surface area contributed by atoms with E-state index in [1.165, 1.54) is 5.56 Å². The maximum Gasteiger partial charge on any atom is 0.268 e. The van der Waals surface area contributed by atoms with Gasteiger partial charge in [-0.3, -0.25) is 9.69 Å². The van der Waals surface area contributed by atoms with Crippen LogP contribution in [0.4, 0.5) is 0 Å². The normalized spacial score (nSPS) is 15.0. The summed E-state index contributed by atoms with van der Waals surface area (Å²) in [7, 11) is 3.22. The van der Waals surface area contributed by atoms with Crippen molar-refractivity contribution in [3.05, 3.63) is 76.6 Å². The molecule has 6 nitrogen and oxygen atoms in total. The SMILES string of the molecule is COc1ccc(-c2ccc(=O)n(CN3CCC(Cc4ccccc4)CC3)n2)cc1OC. The van der Waals surface area contributed by atoms with Gasteiger partial charge < -0.3 is 9.47 Å². The molecule has 0 radical (unpaired) electrons. The van der Waals surface area contributed by atoms with Gasteiger partial charge in [0.2, 0.25) is 0 Å². The Balaban J connectivity index is 1.42. The first-order valence-corrected chi connectivity index (χ1v) is 10.7. The maximum absolute atomic E-state index is 12.4. The highest BCUT2D eigenvalue weighted by Crippen LogP contribution is 2.31. The summed E-state index contributed by atoms with van der Waals surface area (Å²) in [6.45, 7) is 2.47. The number of aromatic nitrogens is 2. The Labute approximate surface area is 183 Å². The summed E-state index contributed by atoms with van der Waals surface area (Å²) in [6.07, 6.45) is 3.40. The average molecular weight is 420 g/mol. The quantitative estimate of drug-likeness (QED) is 0.582. The van der Waals surface area contributed by atoms with E-state index in [0.29, 0.717) is 24.1 Å². The van der Waals surface area contributed by atoms with E-state index in [1.54, 1.807) is 31.0 Å². The lowest BCUT2D eigenvalue weighted by Gasteiger charge is -2.32. The molecule has 0 spiro atoms. The minimum absolute atomic E-state index is 0.0874. The Morgan fingerprint density at radius 1 is 0.935 bits per heavy atom. The highest BCUT2D eigenvalue weighted by Gasteiger charge is 2.20. The average Bonchev–Trinajstić information content (AvgIpc) is 2.82. The first-order chi connectivity index (χ1) is 15.2. The number of nitrogens with zero attached hydrogens (tertiary/aromatic N) is 3. The van der Waals surface area contributed by atoms with Crippen LogP contribution in [0.2, 0.25) is 0 Å². The van der Waals surface area contributed by atoms with Gasteiger partial charge in [-0.15, -0.1) is 0 Å². The van der Waals surface area contributed by atoms with Crippen LogP contribution in [-0.4, -0.2) is 42.0 Å². The summed E-state index contributed by atoms with van der Waals surface area (Å²) < 4.78 is 12.3. The van der Waals surface area contributed by atoms with Crippen molar-refractivity contribution in [2.24, 2.45) is 5.92 Å². The maximum atomic E-state index is 12.4. The monoisotopic (exact) mass is 419 g/mol. The fourth-order valence-electron chi connectivity index (χ4n) is 4.17. The number of benzene rings is 2. The van der Waals surface area contributed by atoms with Crippen LogP contribution in [0.25, 0.3) is 11.3 Å². The molecule has 2 aromatic carbocycles. The van der Waals surface area contributed by atoms with Crippen molar-refractivity contribution in [1.82, 2.24) is 14.7 Å². The Bertz CT molecular complexity index is 1060. The molecule has 31 heavy (non-hydrogen) atoms. The van der Waals surface area contributed by atoms with Crippen LogP contribution in [0.1, 0.15) is 18.4 Å². The van der Waals surface area contributed by atoms with Gasteiger partial charge >= 0.3 is 0 Å². The van der Waals surface area contributed by atoms with Gasteiger partial charge in [0.25, 0.3) is 5.56 Å². The minimum Gasteiger partial charge on any atom is -0.493 e. The molecule has 6 heteroatoms. The van der Waals surface area contributed by atoms with E-state index in [-0.39, 0.29) is 5.56 Å². The molecule has 1 aromatic heterocycles. The molecule has 0 unspecified atom stereocenters. The molecule has 1 aliphatic heterocycles. The van der Waals surface area contributed by atoms with Crippen molar-refractivity contribution >= 4 is 0 Å². The van der Waals surface area contributed by atoms with Crippen LogP contribution in [0, 0.1) is 5.92 Å². The predicted molar refractivity (Wildman–Crippen MR) is 121 cm³/mol. The molecular weight excluding hydrogens is 390 g/mol. The van der Waals surface area contributed by atoms with Crippen LogP contribution in [0.5, 0.6) is 11.5 Å². The van der Waals surface area contributed by atoms with E-state index in [0.717, 1.165) is 43.6 Å². The number of ether oxygens (including phenoxy) is 2. The van der Waals surface area contributed by atoms with Gasteiger partial charge in [-0.05, 0) is 55.0 Å². The van der Waals surface area contributed by atoms with Crippen molar-refractivity contribution in [2.45, 2.75) is 25.9 Å². The van der Waals surface area contributed by atoms with Crippen molar-refractivity contribution in [2.75, 3.05) is 27.3 Å². The number of rotatable bonds is 7. The molecule has 1 saturated heterocycles. The van der Waals surface area contributed by atoms with Crippen LogP contribution in [0.3, 0.4) is 0 Å². The molecule has 0 amide bonds. The Morgan fingerprint density at radius 2 is 1.68 bits per heavy atom. The largest absolute Gasteiger partial charge is 0.493 e. The molecule has 0 saturated carbocycles. The third-order valence-corrected chi connectivity index (χ3v) is 5.95. The third kappa shape index (κ3) is 5.14. The van der Waals surface area contributed by atoms with Gasteiger partial charge in [0.05, 0.1) is 26.6 Å². The van der Waals surface area contributed by atoms with E-state index in [9.17, 15) is 4.79 Å². The summed E-state index contributed by atoms with van der Waals surface area (Å²) in [5.41, 5.74) is 2.93. The fraction of sp³-hybridized carbons (Fsp3) is 0.360. The Hall–Kier alpha value is -3.12. The second kappa shape index (κ2) is 9.79. The molecule has 162 valence electrons.